The Morgan fingerprint density at radius 2 is 1.86 bits per heavy atom. The van der Waals surface area contributed by atoms with Crippen molar-refractivity contribution in [2.24, 2.45) is 0 Å². The molecular formula is C27H33N7O. The maximum atomic E-state index is 11.2. The molecule has 35 heavy (non-hydrogen) atoms. The Kier molecular flexibility index (Phi) is 6.81. The molecule has 8 nitrogen and oxygen atoms in total. The molecule has 1 aliphatic rings. The molecule has 0 aliphatic carbocycles. The number of likely N-dealkylation sites (tertiary alicyclic amines) is 1. The van der Waals surface area contributed by atoms with Gasteiger partial charge in [0.25, 0.3) is 0 Å². The molecular weight excluding hydrogens is 438 g/mol. The first kappa shape index (κ1) is 23.1. The highest BCUT2D eigenvalue weighted by molar-refractivity contribution is 5.88. The smallest absolute Gasteiger partial charge is 0.221 e. The van der Waals surface area contributed by atoms with Crippen LogP contribution in [0.25, 0.3) is 16.6 Å². The summed E-state index contributed by atoms with van der Waals surface area (Å²) in [7, 11) is 2.18. The summed E-state index contributed by atoms with van der Waals surface area (Å²) < 4.78 is 1.94. The third-order valence-corrected chi connectivity index (χ3v) is 7.09. The lowest BCUT2D eigenvalue weighted by molar-refractivity contribution is -0.114. The van der Waals surface area contributed by atoms with E-state index in [-0.39, 0.29) is 5.91 Å². The Bertz CT molecular complexity index is 1250. The number of hydrogen-bond acceptors (Lipinski definition) is 5. The molecule has 1 aliphatic heterocycles. The molecule has 8 heteroatoms. The number of rotatable bonds is 8. The van der Waals surface area contributed by atoms with Gasteiger partial charge in [0.2, 0.25) is 5.91 Å². The highest BCUT2D eigenvalue weighted by atomic mass is 16.1. The lowest BCUT2D eigenvalue weighted by Crippen LogP contribution is -2.43. The first-order valence-electron chi connectivity index (χ1n) is 12.3. The van der Waals surface area contributed by atoms with Gasteiger partial charge in [-0.3, -0.25) is 9.36 Å². The minimum Gasteiger partial charge on any atom is -0.372 e. The SMILES string of the molecule is CC(=O)Nc1ccc(N(C)C2CCN(CCCc3c[nH]c4ccc(-n5cnnc5)cc34)CC2)cc1. The Hall–Kier alpha value is -3.65. The van der Waals surface area contributed by atoms with Crippen LogP contribution < -0.4 is 10.2 Å². The van der Waals surface area contributed by atoms with E-state index in [1.54, 1.807) is 12.7 Å². The first-order chi connectivity index (χ1) is 17.1. The second-order valence-electron chi connectivity index (χ2n) is 9.43. The van der Waals surface area contributed by atoms with Crippen LogP contribution in [0, 0.1) is 0 Å². The number of fused-ring (bicyclic) bond motifs is 1. The maximum absolute atomic E-state index is 11.2. The standard InChI is InChI=1S/C27H33N7O/c1-20(35)31-22-5-7-23(8-6-22)32(2)24-11-14-33(15-12-24)13-3-4-21-17-28-27-10-9-25(16-26(21)27)34-18-29-30-19-34/h5-10,16-19,24,28H,3-4,11-15H2,1-2H3,(H,31,35). The van der Waals surface area contributed by atoms with Gasteiger partial charge in [0.15, 0.2) is 0 Å². The van der Waals surface area contributed by atoms with Crippen molar-refractivity contribution in [2.45, 2.75) is 38.6 Å². The fourth-order valence-electron chi connectivity index (χ4n) is 5.09. The zero-order chi connectivity index (χ0) is 24.2. The zero-order valence-electron chi connectivity index (χ0n) is 20.4. The normalized spacial score (nSPS) is 14.9. The van der Waals surface area contributed by atoms with E-state index in [4.69, 9.17) is 0 Å². The van der Waals surface area contributed by atoms with Crippen molar-refractivity contribution in [3.05, 3.63) is 66.9 Å². The third kappa shape index (κ3) is 5.38. The van der Waals surface area contributed by atoms with Gasteiger partial charge in [-0.1, -0.05) is 0 Å². The topological polar surface area (TPSA) is 82.1 Å². The van der Waals surface area contributed by atoms with Gasteiger partial charge in [0.1, 0.15) is 12.7 Å². The number of aromatic amines is 1. The quantitative estimate of drug-likeness (QED) is 0.402. The van der Waals surface area contributed by atoms with E-state index < -0.39 is 0 Å². The van der Waals surface area contributed by atoms with Crippen LogP contribution in [0.4, 0.5) is 11.4 Å². The van der Waals surface area contributed by atoms with E-state index in [2.05, 4.69) is 73.9 Å². The molecule has 0 radical (unpaired) electrons. The molecule has 0 spiro atoms. The number of amides is 1. The maximum Gasteiger partial charge on any atom is 0.221 e. The third-order valence-electron chi connectivity index (χ3n) is 7.09. The molecule has 2 N–H and O–H groups in total. The number of hydrogen-bond donors (Lipinski definition) is 2. The minimum atomic E-state index is -0.0417. The Morgan fingerprint density at radius 3 is 2.57 bits per heavy atom. The molecule has 3 heterocycles. The van der Waals surface area contributed by atoms with Crippen molar-refractivity contribution < 1.29 is 4.79 Å². The van der Waals surface area contributed by atoms with Crippen LogP contribution in [0.15, 0.2) is 61.3 Å². The Morgan fingerprint density at radius 1 is 1.11 bits per heavy atom. The zero-order valence-corrected chi connectivity index (χ0v) is 20.4. The monoisotopic (exact) mass is 471 g/mol. The van der Waals surface area contributed by atoms with Crippen LogP contribution in [0.2, 0.25) is 0 Å². The van der Waals surface area contributed by atoms with E-state index >= 15 is 0 Å². The first-order valence-corrected chi connectivity index (χ1v) is 12.3. The number of anilines is 2. The summed E-state index contributed by atoms with van der Waals surface area (Å²) in [5.74, 6) is -0.0417. The molecule has 5 rings (SSSR count). The van der Waals surface area contributed by atoms with Gasteiger partial charge in [-0.2, -0.15) is 0 Å². The lowest BCUT2D eigenvalue weighted by atomic mass is 10.0. The molecule has 4 aromatic rings. The van der Waals surface area contributed by atoms with Crippen molar-refractivity contribution in [1.82, 2.24) is 24.6 Å². The van der Waals surface area contributed by atoms with Crippen molar-refractivity contribution in [3.63, 3.8) is 0 Å². The summed E-state index contributed by atoms with van der Waals surface area (Å²) in [6.45, 7) is 4.92. The van der Waals surface area contributed by atoms with Crippen molar-refractivity contribution in [1.29, 1.82) is 0 Å². The number of carbonyl (C=O) groups excluding carboxylic acids is 1. The fraction of sp³-hybridized carbons (Fsp3) is 0.370. The molecule has 1 saturated heterocycles. The number of carbonyl (C=O) groups is 1. The van der Waals surface area contributed by atoms with Crippen LogP contribution in [-0.2, 0) is 11.2 Å². The largest absolute Gasteiger partial charge is 0.372 e. The van der Waals surface area contributed by atoms with Crippen molar-refractivity contribution in [3.8, 4) is 5.69 Å². The number of piperidine rings is 1. The molecule has 0 bridgehead atoms. The van der Waals surface area contributed by atoms with Gasteiger partial charge >= 0.3 is 0 Å². The predicted molar refractivity (Wildman–Crippen MR) is 140 cm³/mol. The number of nitrogens with zero attached hydrogens (tertiary/aromatic N) is 5. The molecule has 1 fully saturated rings. The molecule has 0 atom stereocenters. The van der Waals surface area contributed by atoms with Crippen molar-refractivity contribution in [2.75, 3.05) is 36.9 Å². The van der Waals surface area contributed by atoms with Gasteiger partial charge < -0.3 is 20.1 Å². The minimum absolute atomic E-state index is 0.0417. The molecule has 0 saturated carbocycles. The van der Waals surface area contributed by atoms with E-state index in [1.807, 2.05) is 16.7 Å². The highest BCUT2D eigenvalue weighted by Crippen LogP contribution is 2.25. The summed E-state index contributed by atoms with van der Waals surface area (Å²) >= 11 is 0. The van der Waals surface area contributed by atoms with E-state index in [0.717, 1.165) is 43.9 Å². The van der Waals surface area contributed by atoms with Gasteiger partial charge in [0, 0.05) is 67.3 Å². The van der Waals surface area contributed by atoms with Crippen LogP contribution in [0.1, 0.15) is 31.7 Å². The van der Waals surface area contributed by atoms with Crippen LogP contribution in [0.5, 0.6) is 0 Å². The predicted octanol–water partition coefficient (Wildman–Crippen LogP) is 4.24. The average Bonchev–Trinajstić information content (AvgIpc) is 3.54. The molecule has 182 valence electrons. The van der Waals surface area contributed by atoms with Gasteiger partial charge in [0.05, 0.1) is 0 Å². The summed E-state index contributed by atoms with van der Waals surface area (Å²) in [5, 5.41) is 11.9. The van der Waals surface area contributed by atoms with E-state index in [0.29, 0.717) is 6.04 Å². The fourth-order valence-corrected chi connectivity index (χ4v) is 5.09. The summed E-state index contributed by atoms with van der Waals surface area (Å²) in [6.07, 6.45) is 10.2. The van der Waals surface area contributed by atoms with E-state index in [1.165, 1.54) is 41.9 Å². The van der Waals surface area contributed by atoms with Gasteiger partial charge in [-0.05, 0) is 80.3 Å². The van der Waals surface area contributed by atoms with Crippen LogP contribution in [-0.4, -0.2) is 63.3 Å². The second-order valence-corrected chi connectivity index (χ2v) is 9.43. The average molecular weight is 472 g/mol. The number of H-pyrrole nitrogens is 1. The van der Waals surface area contributed by atoms with E-state index in [9.17, 15) is 4.79 Å². The summed E-state index contributed by atoms with van der Waals surface area (Å²) in [6, 6.07) is 15.1. The van der Waals surface area contributed by atoms with Crippen molar-refractivity contribution >= 4 is 28.2 Å². The number of benzene rings is 2. The van der Waals surface area contributed by atoms with Gasteiger partial charge in [-0.15, -0.1) is 10.2 Å². The highest BCUT2D eigenvalue weighted by Gasteiger charge is 2.22. The van der Waals surface area contributed by atoms with Crippen LogP contribution in [0.3, 0.4) is 0 Å². The van der Waals surface area contributed by atoms with Crippen LogP contribution >= 0.6 is 0 Å². The number of aromatic nitrogens is 4. The second kappa shape index (κ2) is 10.3. The molecule has 2 aromatic heterocycles. The molecule has 0 unspecified atom stereocenters. The number of aryl methyl sites for hydroxylation is 1. The molecule has 2 aromatic carbocycles. The lowest BCUT2D eigenvalue weighted by Gasteiger charge is -2.38. The molecule has 1 amide bonds. The number of nitrogens with one attached hydrogen (secondary N) is 2. The summed E-state index contributed by atoms with van der Waals surface area (Å²) in [5.41, 5.74) is 5.66. The summed E-state index contributed by atoms with van der Waals surface area (Å²) in [4.78, 5) is 19.6. The van der Waals surface area contributed by atoms with Gasteiger partial charge in [-0.25, -0.2) is 0 Å². The Labute approximate surface area is 206 Å². The Balaban J connectivity index is 1.11.